The van der Waals surface area contributed by atoms with Crippen molar-refractivity contribution in [2.24, 2.45) is 0 Å². The first kappa shape index (κ1) is 27.4. The van der Waals surface area contributed by atoms with Crippen LogP contribution in [0, 0.1) is 20.8 Å². The van der Waals surface area contributed by atoms with E-state index in [2.05, 4.69) is 5.32 Å². The standard InChI is InChI=1S/C26H37N3O4S/c1-8-21(5)27-26(31)22(6)28(16-23-12-10-9-11-19(23)3)25(30)17-29(34(7,32)33)24-15-18(2)13-14-20(24)4/h9-15,21-22H,8,16-17H2,1-7H3,(H,27,31). The van der Waals surface area contributed by atoms with E-state index in [0.29, 0.717) is 5.69 Å². The highest BCUT2D eigenvalue weighted by molar-refractivity contribution is 7.92. The first-order valence-corrected chi connectivity index (χ1v) is 13.4. The lowest BCUT2D eigenvalue weighted by atomic mass is 10.1. The Labute approximate surface area is 204 Å². The van der Waals surface area contributed by atoms with Crippen molar-refractivity contribution in [3.8, 4) is 0 Å². The van der Waals surface area contributed by atoms with E-state index < -0.39 is 28.5 Å². The van der Waals surface area contributed by atoms with Crippen LogP contribution in [-0.2, 0) is 26.2 Å². The maximum atomic E-state index is 13.6. The van der Waals surface area contributed by atoms with Gasteiger partial charge in [0.1, 0.15) is 12.6 Å². The molecule has 2 atom stereocenters. The van der Waals surface area contributed by atoms with Crippen molar-refractivity contribution in [3.05, 3.63) is 64.7 Å². The Morgan fingerprint density at radius 2 is 1.65 bits per heavy atom. The minimum atomic E-state index is -3.75. The number of hydrogen-bond acceptors (Lipinski definition) is 4. The predicted octanol–water partition coefficient (Wildman–Crippen LogP) is 3.71. The van der Waals surface area contributed by atoms with Gasteiger partial charge < -0.3 is 10.2 Å². The number of amides is 2. The van der Waals surface area contributed by atoms with Crippen LogP contribution in [0.5, 0.6) is 0 Å². The zero-order valence-corrected chi connectivity index (χ0v) is 22.1. The Hall–Kier alpha value is -2.87. The minimum Gasteiger partial charge on any atom is -0.352 e. The summed E-state index contributed by atoms with van der Waals surface area (Å²) in [4.78, 5) is 28.0. The lowest BCUT2D eigenvalue weighted by molar-refractivity contribution is -0.139. The van der Waals surface area contributed by atoms with E-state index >= 15 is 0 Å². The van der Waals surface area contributed by atoms with E-state index in [-0.39, 0.29) is 18.5 Å². The molecule has 2 aromatic rings. The number of sulfonamides is 1. The summed E-state index contributed by atoms with van der Waals surface area (Å²) in [7, 11) is -3.75. The molecule has 0 radical (unpaired) electrons. The minimum absolute atomic E-state index is 0.0344. The van der Waals surface area contributed by atoms with E-state index in [1.165, 1.54) is 4.90 Å². The van der Waals surface area contributed by atoms with Crippen LogP contribution < -0.4 is 9.62 Å². The maximum absolute atomic E-state index is 13.6. The molecule has 2 aromatic carbocycles. The van der Waals surface area contributed by atoms with E-state index in [9.17, 15) is 18.0 Å². The molecule has 0 spiro atoms. The van der Waals surface area contributed by atoms with Crippen molar-refractivity contribution < 1.29 is 18.0 Å². The van der Waals surface area contributed by atoms with Gasteiger partial charge in [0.2, 0.25) is 21.8 Å². The van der Waals surface area contributed by atoms with Crippen molar-refractivity contribution in [1.29, 1.82) is 0 Å². The average Bonchev–Trinajstić information content (AvgIpc) is 2.77. The van der Waals surface area contributed by atoms with Crippen LogP contribution in [0.4, 0.5) is 5.69 Å². The summed E-state index contributed by atoms with van der Waals surface area (Å²) in [5, 5.41) is 2.93. The zero-order valence-electron chi connectivity index (χ0n) is 21.3. The van der Waals surface area contributed by atoms with E-state index in [1.54, 1.807) is 13.0 Å². The molecule has 186 valence electrons. The van der Waals surface area contributed by atoms with Gasteiger partial charge in [0.25, 0.3) is 0 Å². The van der Waals surface area contributed by atoms with Crippen LogP contribution in [0.15, 0.2) is 42.5 Å². The summed E-state index contributed by atoms with van der Waals surface area (Å²) in [5.41, 5.74) is 3.99. The van der Waals surface area contributed by atoms with Gasteiger partial charge in [0.15, 0.2) is 0 Å². The van der Waals surface area contributed by atoms with Gasteiger partial charge >= 0.3 is 0 Å². The Balaban J connectivity index is 2.45. The summed E-state index contributed by atoms with van der Waals surface area (Å²) in [5.74, 6) is -0.713. The third-order valence-corrected chi connectivity index (χ3v) is 7.21. The van der Waals surface area contributed by atoms with E-state index in [4.69, 9.17) is 0 Å². The summed E-state index contributed by atoms with van der Waals surface area (Å²) in [6.07, 6.45) is 1.85. The zero-order chi connectivity index (χ0) is 25.6. The van der Waals surface area contributed by atoms with Crippen molar-refractivity contribution in [3.63, 3.8) is 0 Å². The quantitative estimate of drug-likeness (QED) is 0.554. The van der Waals surface area contributed by atoms with Gasteiger partial charge in [-0.05, 0) is 69.4 Å². The molecule has 0 heterocycles. The van der Waals surface area contributed by atoms with Crippen molar-refractivity contribution in [1.82, 2.24) is 10.2 Å². The monoisotopic (exact) mass is 487 g/mol. The van der Waals surface area contributed by atoms with Gasteiger partial charge in [-0.3, -0.25) is 13.9 Å². The molecule has 1 N–H and O–H groups in total. The molecular weight excluding hydrogens is 450 g/mol. The molecule has 0 bridgehead atoms. The van der Waals surface area contributed by atoms with Crippen LogP contribution in [-0.4, -0.2) is 50.0 Å². The molecule has 0 fully saturated rings. The molecule has 2 unspecified atom stereocenters. The van der Waals surface area contributed by atoms with Crippen molar-refractivity contribution >= 4 is 27.5 Å². The number of benzene rings is 2. The first-order chi connectivity index (χ1) is 15.8. The Kier molecular flexibility index (Phi) is 9.27. The molecule has 0 aliphatic rings. The molecule has 0 saturated carbocycles. The van der Waals surface area contributed by atoms with Crippen molar-refractivity contribution in [2.45, 2.75) is 66.6 Å². The third-order valence-electron chi connectivity index (χ3n) is 6.08. The van der Waals surface area contributed by atoms with Gasteiger partial charge in [0, 0.05) is 12.6 Å². The number of anilines is 1. The Morgan fingerprint density at radius 3 is 2.24 bits per heavy atom. The molecule has 0 aliphatic carbocycles. The third kappa shape index (κ3) is 7.06. The van der Waals surface area contributed by atoms with Crippen LogP contribution in [0.1, 0.15) is 49.4 Å². The molecular formula is C26H37N3O4S. The topological polar surface area (TPSA) is 86.8 Å². The number of carbonyl (C=O) groups excluding carboxylic acids is 2. The Morgan fingerprint density at radius 1 is 1.00 bits per heavy atom. The lowest BCUT2D eigenvalue weighted by Crippen LogP contribution is -2.52. The second-order valence-electron chi connectivity index (χ2n) is 9.00. The van der Waals surface area contributed by atoms with Crippen LogP contribution in [0.25, 0.3) is 0 Å². The largest absolute Gasteiger partial charge is 0.352 e. The number of hydrogen-bond donors (Lipinski definition) is 1. The molecule has 8 heteroatoms. The fourth-order valence-corrected chi connectivity index (χ4v) is 4.50. The number of nitrogens with zero attached hydrogens (tertiary/aromatic N) is 2. The van der Waals surface area contributed by atoms with E-state index in [0.717, 1.165) is 39.2 Å². The normalized spacial score (nSPS) is 13.1. The first-order valence-electron chi connectivity index (χ1n) is 11.5. The van der Waals surface area contributed by atoms with Gasteiger partial charge in [-0.1, -0.05) is 43.3 Å². The fraction of sp³-hybridized carbons (Fsp3) is 0.462. The number of carbonyl (C=O) groups is 2. The van der Waals surface area contributed by atoms with Gasteiger partial charge in [-0.2, -0.15) is 0 Å². The maximum Gasteiger partial charge on any atom is 0.244 e. The van der Waals surface area contributed by atoms with Crippen molar-refractivity contribution in [2.75, 3.05) is 17.1 Å². The second-order valence-corrected chi connectivity index (χ2v) is 10.9. The molecule has 7 nitrogen and oxygen atoms in total. The van der Waals surface area contributed by atoms with Crippen LogP contribution >= 0.6 is 0 Å². The number of aryl methyl sites for hydroxylation is 3. The smallest absolute Gasteiger partial charge is 0.244 e. The second kappa shape index (κ2) is 11.5. The summed E-state index contributed by atoms with van der Waals surface area (Å²) < 4.78 is 26.6. The number of nitrogens with one attached hydrogen (secondary N) is 1. The molecule has 2 amide bonds. The van der Waals surface area contributed by atoms with Crippen LogP contribution in [0.2, 0.25) is 0 Å². The SMILES string of the molecule is CCC(C)NC(=O)C(C)N(Cc1ccccc1C)C(=O)CN(c1cc(C)ccc1C)S(C)(=O)=O. The van der Waals surface area contributed by atoms with Gasteiger partial charge in [-0.25, -0.2) is 8.42 Å². The molecule has 2 rings (SSSR count). The van der Waals surface area contributed by atoms with E-state index in [1.807, 2.05) is 71.0 Å². The average molecular weight is 488 g/mol. The molecule has 0 aromatic heterocycles. The predicted molar refractivity (Wildman–Crippen MR) is 137 cm³/mol. The Bertz CT molecular complexity index is 1130. The summed E-state index contributed by atoms with van der Waals surface area (Å²) in [6.45, 7) is 11.0. The highest BCUT2D eigenvalue weighted by atomic mass is 32.2. The summed E-state index contributed by atoms with van der Waals surface area (Å²) >= 11 is 0. The van der Waals surface area contributed by atoms with Gasteiger partial charge in [-0.15, -0.1) is 0 Å². The molecule has 0 saturated heterocycles. The molecule has 34 heavy (non-hydrogen) atoms. The number of rotatable bonds is 10. The highest BCUT2D eigenvalue weighted by Gasteiger charge is 2.31. The van der Waals surface area contributed by atoms with Crippen LogP contribution in [0.3, 0.4) is 0 Å². The fourth-order valence-electron chi connectivity index (χ4n) is 3.60. The lowest BCUT2D eigenvalue weighted by Gasteiger charge is -2.32. The van der Waals surface area contributed by atoms with Gasteiger partial charge in [0.05, 0.1) is 11.9 Å². The molecule has 0 aliphatic heterocycles. The highest BCUT2D eigenvalue weighted by Crippen LogP contribution is 2.25. The summed E-state index contributed by atoms with van der Waals surface area (Å²) in [6, 6.07) is 12.3.